The van der Waals surface area contributed by atoms with Crippen molar-refractivity contribution in [1.82, 2.24) is 4.90 Å². The van der Waals surface area contributed by atoms with E-state index in [1.54, 1.807) is 0 Å². The molecule has 1 aliphatic heterocycles. The normalized spacial score (nSPS) is 35.0. The summed E-state index contributed by atoms with van der Waals surface area (Å²) in [7, 11) is 0. The van der Waals surface area contributed by atoms with Crippen LogP contribution in [0.1, 0.15) is 45.4 Å². The number of rotatable bonds is 3. The van der Waals surface area contributed by atoms with Crippen LogP contribution >= 0.6 is 0 Å². The third-order valence-corrected chi connectivity index (χ3v) is 4.14. The molecule has 0 spiro atoms. The molecule has 0 bridgehead atoms. The predicted octanol–water partition coefficient (Wildman–Crippen LogP) is 2.03. The molecule has 2 aliphatic rings. The maximum atomic E-state index is 9.98. The van der Waals surface area contributed by atoms with Crippen molar-refractivity contribution < 1.29 is 5.11 Å². The van der Waals surface area contributed by atoms with Crippen LogP contribution in [0.2, 0.25) is 0 Å². The Morgan fingerprint density at radius 3 is 2.81 bits per heavy atom. The van der Waals surface area contributed by atoms with Crippen molar-refractivity contribution in [1.29, 1.82) is 0 Å². The topological polar surface area (TPSA) is 23.5 Å². The first-order chi connectivity index (χ1) is 7.83. The quantitative estimate of drug-likeness (QED) is 0.737. The zero-order valence-electron chi connectivity index (χ0n) is 10.3. The van der Waals surface area contributed by atoms with Gasteiger partial charge in [-0.3, -0.25) is 4.90 Å². The van der Waals surface area contributed by atoms with Crippen molar-refractivity contribution >= 4 is 0 Å². The number of aliphatic hydroxyl groups excluding tert-OH is 1. The van der Waals surface area contributed by atoms with Crippen molar-refractivity contribution in [3.05, 3.63) is 0 Å². The molecular weight excluding hydrogens is 198 g/mol. The molecule has 2 fully saturated rings. The zero-order valence-corrected chi connectivity index (χ0v) is 10.3. The van der Waals surface area contributed by atoms with E-state index in [0.717, 1.165) is 19.4 Å². The smallest absolute Gasteiger partial charge is 0.0583 e. The Morgan fingerprint density at radius 2 is 2.12 bits per heavy atom. The molecule has 3 unspecified atom stereocenters. The van der Waals surface area contributed by atoms with Gasteiger partial charge >= 0.3 is 0 Å². The van der Waals surface area contributed by atoms with E-state index in [0.29, 0.717) is 12.0 Å². The van der Waals surface area contributed by atoms with Gasteiger partial charge in [0.25, 0.3) is 0 Å². The van der Waals surface area contributed by atoms with Crippen molar-refractivity contribution in [2.75, 3.05) is 13.1 Å². The van der Waals surface area contributed by atoms with Gasteiger partial charge in [-0.25, -0.2) is 0 Å². The largest absolute Gasteiger partial charge is 0.393 e. The fourth-order valence-corrected chi connectivity index (χ4v) is 3.36. The molecule has 90 valence electrons. The molecular formula is C14H23NO. The Bertz CT molecular complexity index is 278. The molecule has 2 heteroatoms. The second-order valence-corrected chi connectivity index (χ2v) is 5.08. The van der Waals surface area contributed by atoms with Gasteiger partial charge in [-0.2, -0.15) is 0 Å². The molecule has 0 aromatic carbocycles. The van der Waals surface area contributed by atoms with Crippen LogP contribution in [0.25, 0.3) is 0 Å². The molecule has 16 heavy (non-hydrogen) atoms. The minimum atomic E-state index is -0.0390. The van der Waals surface area contributed by atoms with Crippen molar-refractivity contribution in [3.8, 4) is 11.8 Å². The number of likely N-dealkylation sites (tertiary alicyclic amines) is 1. The van der Waals surface area contributed by atoms with Crippen LogP contribution in [-0.2, 0) is 0 Å². The summed E-state index contributed by atoms with van der Waals surface area (Å²) in [5.41, 5.74) is 0. The van der Waals surface area contributed by atoms with Gasteiger partial charge in [-0.05, 0) is 39.2 Å². The van der Waals surface area contributed by atoms with Crippen LogP contribution in [-0.4, -0.2) is 35.2 Å². The van der Waals surface area contributed by atoms with Crippen LogP contribution in [0.15, 0.2) is 0 Å². The molecule has 1 saturated heterocycles. The van der Waals surface area contributed by atoms with Crippen LogP contribution in [0.5, 0.6) is 0 Å². The SMILES string of the molecule is CC#CCCN1CCCC1C1CCCC1O. The van der Waals surface area contributed by atoms with Gasteiger partial charge in [-0.1, -0.05) is 6.42 Å². The maximum absolute atomic E-state index is 9.98. The Hall–Kier alpha value is -0.520. The lowest BCUT2D eigenvalue weighted by atomic mass is 9.94. The number of aliphatic hydroxyl groups is 1. The first-order valence-electron chi connectivity index (χ1n) is 6.64. The Labute approximate surface area is 99.0 Å². The first kappa shape index (κ1) is 12.0. The summed E-state index contributed by atoms with van der Waals surface area (Å²) in [6.07, 6.45) is 6.98. The fraction of sp³-hybridized carbons (Fsp3) is 0.857. The lowest BCUT2D eigenvalue weighted by Crippen LogP contribution is -2.39. The fourth-order valence-electron chi connectivity index (χ4n) is 3.36. The second-order valence-electron chi connectivity index (χ2n) is 5.08. The summed E-state index contributed by atoms with van der Waals surface area (Å²) < 4.78 is 0. The van der Waals surface area contributed by atoms with Crippen LogP contribution in [0.3, 0.4) is 0 Å². The molecule has 0 amide bonds. The van der Waals surface area contributed by atoms with Crippen LogP contribution < -0.4 is 0 Å². The Balaban J connectivity index is 1.88. The minimum absolute atomic E-state index is 0.0390. The Morgan fingerprint density at radius 1 is 1.25 bits per heavy atom. The van der Waals surface area contributed by atoms with E-state index in [4.69, 9.17) is 0 Å². The third kappa shape index (κ3) is 2.59. The molecule has 2 rings (SSSR count). The second kappa shape index (κ2) is 5.70. The molecule has 1 saturated carbocycles. The number of hydrogen-bond acceptors (Lipinski definition) is 2. The number of nitrogens with zero attached hydrogens (tertiary/aromatic N) is 1. The van der Waals surface area contributed by atoms with Gasteiger partial charge in [0.15, 0.2) is 0 Å². The van der Waals surface area contributed by atoms with Crippen molar-refractivity contribution in [3.63, 3.8) is 0 Å². The minimum Gasteiger partial charge on any atom is -0.393 e. The molecule has 0 aromatic heterocycles. The third-order valence-electron chi connectivity index (χ3n) is 4.14. The number of hydrogen-bond donors (Lipinski definition) is 1. The van der Waals surface area contributed by atoms with Gasteiger partial charge in [0, 0.05) is 24.9 Å². The highest BCUT2D eigenvalue weighted by Gasteiger charge is 2.37. The molecule has 1 N–H and O–H groups in total. The molecule has 0 aromatic rings. The molecule has 1 heterocycles. The predicted molar refractivity (Wildman–Crippen MR) is 66.0 cm³/mol. The van der Waals surface area contributed by atoms with Gasteiger partial charge in [-0.15, -0.1) is 11.8 Å². The van der Waals surface area contributed by atoms with E-state index in [-0.39, 0.29) is 6.10 Å². The van der Waals surface area contributed by atoms with E-state index in [9.17, 15) is 5.11 Å². The summed E-state index contributed by atoms with van der Waals surface area (Å²) in [4.78, 5) is 2.56. The van der Waals surface area contributed by atoms with Gasteiger partial charge in [0.05, 0.1) is 6.10 Å². The van der Waals surface area contributed by atoms with Crippen molar-refractivity contribution in [2.24, 2.45) is 5.92 Å². The monoisotopic (exact) mass is 221 g/mol. The molecule has 1 aliphatic carbocycles. The summed E-state index contributed by atoms with van der Waals surface area (Å²) in [6.45, 7) is 4.20. The van der Waals surface area contributed by atoms with E-state index >= 15 is 0 Å². The van der Waals surface area contributed by atoms with E-state index in [2.05, 4.69) is 16.7 Å². The molecule has 3 atom stereocenters. The highest BCUT2D eigenvalue weighted by Crippen LogP contribution is 2.35. The summed E-state index contributed by atoms with van der Waals surface area (Å²) >= 11 is 0. The summed E-state index contributed by atoms with van der Waals surface area (Å²) in [5, 5.41) is 9.98. The average molecular weight is 221 g/mol. The van der Waals surface area contributed by atoms with Gasteiger partial charge in [0.2, 0.25) is 0 Å². The molecule has 0 radical (unpaired) electrons. The highest BCUT2D eigenvalue weighted by atomic mass is 16.3. The van der Waals surface area contributed by atoms with Crippen molar-refractivity contribution in [2.45, 2.75) is 57.6 Å². The molecule has 2 nitrogen and oxygen atoms in total. The lowest BCUT2D eigenvalue weighted by Gasteiger charge is -2.30. The maximum Gasteiger partial charge on any atom is 0.0583 e. The highest BCUT2D eigenvalue weighted by molar-refractivity contribution is 4.97. The zero-order chi connectivity index (χ0) is 11.4. The van der Waals surface area contributed by atoms with E-state index < -0.39 is 0 Å². The van der Waals surface area contributed by atoms with Crippen LogP contribution in [0.4, 0.5) is 0 Å². The standard InChI is InChI=1S/C14H23NO/c1-2-3-4-10-15-11-6-8-13(15)12-7-5-9-14(12)16/h12-14,16H,4-11H2,1H3. The van der Waals surface area contributed by atoms with E-state index in [1.807, 2.05) is 6.92 Å². The van der Waals surface area contributed by atoms with Gasteiger partial charge in [0.1, 0.15) is 0 Å². The average Bonchev–Trinajstić information content (AvgIpc) is 2.87. The van der Waals surface area contributed by atoms with Crippen LogP contribution in [0, 0.1) is 17.8 Å². The first-order valence-corrected chi connectivity index (χ1v) is 6.64. The summed E-state index contributed by atoms with van der Waals surface area (Å²) in [5.74, 6) is 6.64. The lowest BCUT2D eigenvalue weighted by molar-refractivity contribution is 0.0755. The van der Waals surface area contributed by atoms with Gasteiger partial charge < -0.3 is 5.11 Å². The summed E-state index contributed by atoms with van der Waals surface area (Å²) in [6, 6.07) is 0.635. The Kier molecular flexibility index (Phi) is 4.26. The van der Waals surface area contributed by atoms with E-state index in [1.165, 1.54) is 32.2 Å².